The van der Waals surface area contributed by atoms with Crippen molar-refractivity contribution in [1.82, 2.24) is 10.3 Å². The first-order chi connectivity index (χ1) is 8.92. The number of hydrogen-bond acceptors (Lipinski definition) is 5. The summed E-state index contributed by atoms with van der Waals surface area (Å²) in [5.41, 5.74) is 1.29. The van der Waals surface area contributed by atoms with Gasteiger partial charge in [-0.2, -0.15) is 0 Å². The van der Waals surface area contributed by atoms with E-state index in [-0.39, 0.29) is 5.97 Å². The number of aromatic nitrogens is 1. The molecular weight excluding hydrogens is 248 g/mol. The van der Waals surface area contributed by atoms with Crippen LogP contribution in [0.2, 0.25) is 0 Å². The van der Waals surface area contributed by atoms with Gasteiger partial charge in [0.1, 0.15) is 5.54 Å². The van der Waals surface area contributed by atoms with Crippen LogP contribution in [-0.4, -0.2) is 23.6 Å². The Labute approximate surface area is 109 Å². The van der Waals surface area contributed by atoms with Crippen molar-refractivity contribution >= 4 is 17.1 Å². The molecule has 2 aromatic rings. The number of fused-ring (bicyclic) bond motifs is 1. The summed E-state index contributed by atoms with van der Waals surface area (Å²) in [6, 6.07) is 5.38. The summed E-state index contributed by atoms with van der Waals surface area (Å²) in [6.45, 7) is 3.95. The number of H-pyrrole nitrogens is 1. The first-order valence-electron chi connectivity index (χ1n) is 5.87. The lowest BCUT2D eigenvalue weighted by Crippen LogP contribution is -2.46. The molecule has 0 amide bonds. The molecule has 0 spiro atoms. The average Bonchev–Trinajstić information content (AvgIpc) is 2.74. The van der Waals surface area contributed by atoms with Gasteiger partial charge in [0.05, 0.1) is 12.6 Å². The van der Waals surface area contributed by atoms with Crippen molar-refractivity contribution in [2.75, 3.05) is 7.11 Å². The second kappa shape index (κ2) is 4.89. The van der Waals surface area contributed by atoms with Gasteiger partial charge in [0, 0.05) is 6.54 Å². The van der Waals surface area contributed by atoms with Crippen LogP contribution in [0.15, 0.2) is 27.4 Å². The molecule has 6 heteroatoms. The van der Waals surface area contributed by atoms with Gasteiger partial charge in [0.2, 0.25) is 0 Å². The smallest absolute Gasteiger partial charge is 0.417 e. The molecule has 102 valence electrons. The molecule has 0 saturated carbocycles. The maximum absolute atomic E-state index is 11.5. The largest absolute Gasteiger partial charge is 0.468 e. The Bertz CT molecular complexity index is 654. The fourth-order valence-corrected chi connectivity index (χ4v) is 1.75. The molecule has 0 aliphatic carbocycles. The molecule has 0 fully saturated rings. The minimum absolute atomic E-state index is 0.332. The first kappa shape index (κ1) is 13.4. The van der Waals surface area contributed by atoms with Crippen LogP contribution < -0.4 is 11.1 Å². The summed E-state index contributed by atoms with van der Waals surface area (Å²) in [6.07, 6.45) is 0. The van der Waals surface area contributed by atoms with Crippen LogP contribution in [0.25, 0.3) is 11.1 Å². The van der Waals surface area contributed by atoms with E-state index >= 15 is 0 Å². The number of methoxy groups -OCH3 is 1. The molecular formula is C13H16N2O4. The summed E-state index contributed by atoms with van der Waals surface area (Å²) in [5.74, 6) is -0.809. The number of hydrogen-bond donors (Lipinski definition) is 2. The Morgan fingerprint density at radius 1 is 1.47 bits per heavy atom. The fourth-order valence-electron chi connectivity index (χ4n) is 1.75. The molecule has 1 heterocycles. The number of carbonyl (C=O) groups is 1. The van der Waals surface area contributed by atoms with Gasteiger partial charge >= 0.3 is 11.7 Å². The van der Waals surface area contributed by atoms with E-state index in [2.05, 4.69) is 10.3 Å². The Morgan fingerprint density at radius 2 is 2.21 bits per heavy atom. The lowest BCUT2D eigenvalue weighted by atomic mass is 10.1. The summed E-state index contributed by atoms with van der Waals surface area (Å²) in [7, 11) is 1.35. The molecule has 2 rings (SSSR count). The normalized spacial score (nSPS) is 11.7. The fraction of sp³-hybridized carbons (Fsp3) is 0.385. The first-order valence-corrected chi connectivity index (χ1v) is 5.87. The molecule has 0 saturated heterocycles. The summed E-state index contributed by atoms with van der Waals surface area (Å²) in [4.78, 5) is 25.1. The van der Waals surface area contributed by atoms with Crippen LogP contribution in [0.4, 0.5) is 0 Å². The highest BCUT2D eigenvalue weighted by Gasteiger charge is 2.27. The third-order valence-electron chi connectivity index (χ3n) is 2.92. The summed E-state index contributed by atoms with van der Waals surface area (Å²) < 4.78 is 9.69. The SMILES string of the molecule is COC(=O)C(C)(C)NCc1ccc2[nH]c(=O)oc2c1. The molecule has 6 nitrogen and oxygen atoms in total. The van der Waals surface area contributed by atoms with Gasteiger partial charge in [0.25, 0.3) is 0 Å². The van der Waals surface area contributed by atoms with Crippen LogP contribution in [0.5, 0.6) is 0 Å². The maximum Gasteiger partial charge on any atom is 0.417 e. The van der Waals surface area contributed by atoms with Crippen LogP contribution in [0.1, 0.15) is 19.4 Å². The van der Waals surface area contributed by atoms with E-state index in [4.69, 9.17) is 9.15 Å². The van der Waals surface area contributed by atoms with Crippen molar-refractivity contribution in [3.05, 3.63) is 34.3 Å². The third kappa shape index (κ3) is 2.85. The monoisotopic (exact) mass is 264 g/mol. The second-order valence-corrected chi connectivity index (χ2v) is 4.82. The zero-order chi connectivity index (χ0) is 14.0. The highest BCUT2D eigenvalue weighted by atomic mass is 16.5. The summed E-state index contributed by atoms with van der Waals surface area (Å²) >= 11 is 0. The summed E-state index contributed by atoms with van der Waals surface area (Å²) in [5, 5.41) is 3.09. The van der Waals surface area contributed by atoms with Crippen LogP contribution >= 0.6 is 0 Å². The zero-order valence-corrected chi connectivity index (χ0v) is 11.1. The van der Waals surface area contributed by atoms with E-state index in [0.29, 0.717) is 17.6 Å². The Hall–Kier alpha value is -2.08. The van der Waals surface area contributed by atoms with E-state index in [1.54, 1.807) is 26.0 Å². The number of rotatable bonds is 4. The molecule has 0 unspecified atom stereocenters. The van der Waals surface area contributed by atoms with Crippen molar-refractivity contribution in [2.24, 2.45) is 0 Å². The standard InChI is InChI=1S/C13H16N2O4/c1-13(2,11(16)18-3)14-7-8-4-5-9-10(6-8)19-12(17)15-9/h4-6,14H,7H2,1-3H3,(H,15,17). The van der Waals surface area contributed by atoms with Gasteiger partial charge in [-0.1, -0.05) is 6.07 Å². The van der Waals surface area contributed by atoms with E-state index in [1.165, 1.54) is 7.11 Å². The molecule has 0 aliphatic rings. The number of benzene rings is 1. The van der Waals surface area contributed by atoms with E-state index in [1.807, 2.05) is 6.07 Å². The van der Waals surface area contributed by atoms with Crippen molar-refractivity contribution in [3.63, 3.8) is 0 Å². The van der Waals surface area contributed by atoms with E-state index < -0.39 is 11.3 Å². The quantitative estimate of drug-likeness (QED) is 0.809. The van der Waals surface area contributed by atoms with Crippen LogP contribution in [0, 0.1) is 0 Å². The maximum atomic E-state index is 11.5. The van der Waals surface area contributed by atoms with Crippen molar-refractivity contribution in [1.29, 1.82) is 0 Å². The van der Waals surface area contributed by atoms with Gasteiger partial charge in [-0.25, -0.2) is 4.79 Å². The molecule has 0 atom stereocenters. The second-order valence-electron chi connectivity index (χ2n) is 4.82. The van der Waals surface area contributed by atoms with Gasteiger partial charge in [0.15, 0.2) is 5.58 Å². The highest BCUT2D eigenvalue weighted by Crippen LogP contribution is 2.13. The predicted molar refractivity (Wildman–Crippen MR) is 69.8 cm³/mol. The molecule has 0 aliphatic heterocycles. The van der Waals surface area contributed by atoms with Crippen molar-refractivity contribution < 1.29 is 13.9 Å². The lowest BCUT2D eigenvalue weighted by Gasteiger charge is -2.23. The minimum atomic E-state index is -0.775. The van der Waals surface area contributed by atoms with E-state index in [9.17, 15) is 9.59 Å². The number of oxazole rings is 1. The van der Waals surface area contributed by atoms with Crippen molar-refractivity contribution in [3.8, 4) is 0 Å². The van der Waals surface area contributed by atoms with Crippen LogP contribution in [0.3, 0.4) is 0 Å². The Morgan fingerprint density at radius 3 is 2.89 bits per heavy atom. The molecule has 0 bridgehead atoms. The number of nitrogens with one attached hydrogen (secondary N) is 2. The topological polar surface area (TPSA) is 84.3 Å². The molecule has 0 radical (unpaired) electrons. The number of aromatic amines is 1. The Kier molecular flexibility index (Phi) is 3.44. The molecule has 19 heavy (non-hydrogen) atoms. The van der Waals surface area contributed by atoms with Crippen LogP contribution in [-0.2, 0) is 16.1 Å². The van der Waals surface area contributed by atoms with Gasteiger partial charge in [-0.05, 0) is 31.5 Å². The lowest BCUT2D eigenvalue weighted by molar-refractivity contribution is -0.147. The number of esters is 1. The average molecular weight is 264 g/mol. The van der Waals surface area contributed by atoms with Gasteiger partial charge in [-0.15, -0.1) is 0 Å². The molecule has 1 aromatic heterocycles. The van der Waals surface area contributed by atoms with Crippen molar-refractivity contribution in [2.45, 2.75) is 25.9 Å². The Balaban J connectivity index is 2.13. The highest BCUT2D eigenvalue weighted by molar-refractivity contribution is 5.79. The molecule has 1 aromatic carbocycles. The minimum Gasteiger partial charge on any atom is -0.468 e. The van der Waals surface area contributed by atoms with Gasteiger partial charge in [-0.3, -0.25) is 15.1 Å². The molecule has 2 N–H and O–H groups in total. The number of ether oxygens (including phenoxy) is 1. The van der Waals surface area contributed by atoms with E-state index in [0.717, 1.165) is 5.56 Å². The number of carbonyl (C=O) groups excluding carboxylic acids is 1. The van der Waals surface area contributed by atoms with Gasteiger partial charge < -0.3 is 9.15 Å². The predicted octanol–water partition coefficient (Wildman–Crippen LogP) is 1.16. The third-order valence-corrected chi connectivity index (χ3v) is 2.92. The zero-order valence-electron chi connectivity index (χ0n) is 11.1.